The van der Waals surface area contributed by atoms with E-state index in [2.05, 4.69) is 19.2 Å². The predicted octanol–water partition coefficient (Wildman–Crippen LogP) is 2.82. The molecule has 0 saturated carbocycles. The summed E-state index contributed by atoms with van der Waals surface area (Å²) in [6.45, 7) is 6.91. The first-order chi connectivity index (χ1) is 14.4. The fourth-order valence-electron chi connectivity index (χ4n) is 3.54. The molecule has 1 aliphatic rings. The topological polar surface area (TPSA) is 69.7 Å². The van der Waals surface area contributed by atoms with Crippen LogP contribution in [0.4, 0.5) is 0 Å². The Labute approximate surface area is 179 Å². The van der Waals surface area contributed by atoms with Gasteiger partial charge in [0, 0.05) is 32.7 Å². The zero-order valence-electron chi connectivity index (χ0n) is 17.8. The van der Waals surface area contributed by atoms with Crippen LogP contribution in [-0.4, -0.2) is 56.3 Å². The summed E-state index contributed by atoms with van der Waals surface area (Å²) >= 11 is 0. The Morgan fingerprint density at radius 1 is 1.00 bits per heavy atom. The van der Waals surface area contributed by atoms with Crippen LogP contribution in [0.25, 0.3) is 0 Å². The van der Waals surface area contributed by atoms with Crippen LogP contribution in [0.2, 0.25) is 0 Å². The Morgan fingerprint density at radius 2 is 1.63 bits per heavy atom. The first-order valence-corrected chi connectivity index (χ1v) is 12.0. The van der Waals surface area contributed by atoms with Crippen LogP contribution in [0.3, 0.4) is 0 Å². The lowest BCUT2D eigenvalue weighted by molar-refractivity contribution is -0.122. The number of nitrogens with zero attached hydrogens (tertiary/aromatic N) is 2. The number of sulfonamides is 1. The van der Waals surface area contributed by atoms with E-state index < -0.39 is 10.0 Å². The van der Waals surface area contributed by atoms with Gasteiger partial charge < -0.3 is 5.32 Å². The standard InChI is InChI=1S/C23H31N3O3S/c1-3-19(2)21-9-11-22(12-10-21)30(28,29)26-15-13-25(14-16-26)18-23(27)24-17-20-7-5-4-6-8-20/h4-12,19H,3,13-18H2,1-2H3,(H,24,27)/t19-/m1/s1. The van der Waals surface area contributed by atoms with Gasteiger partial charge in [0.2, 0.25) is 15.9 Å². The summed E-state index contributed by atoms with van der Waals surface area (Å²) in [6.07, 6.45) is 1.02. The van der Waals surface area contributed by atoms with E-state index in [1.54, 1.807) is 12.1 Å². The molecule has 1 N–H and O–H groups in total. The molecule has 1 heterocycles. The third kappa shape index (κ3) is 5.68. The van der Waals surface area contributed by atoms with E-state index in [9.17, 15) is 13.2 Å². The van der Waals surface area contributed by atoms with Crippen molar-refractivity contribution in [2.45, 2.75) is 37.6 Å². The molecule has 1 saturated heterocycles. The maximum absolute atomic E-state index is 13.0. The van der Waals surface area contributed by atoms with E-state index >= 15 is 0 Å². The van der Waals surface area contributed by atoms with Crippen LogP contribution in [0.1, 0.15) is 37.3 Å². The number of benzene rings is 2. The van der Waals surface area contributed by atoms with Crippen molar-refractivity contribution in [3.05, 3.63) is 65.7 Å². The van der Waals surface area contributed by atoms with Crippen molar-refractivity contribution in [2.75, 3.05) is 32.7 Å². The molecule has 1 amide bonds. The summed E-state index contributed by atoms with van der Waals surface area (Å²) in [5.74, 6) is 0.370. The van der Waals surface area contributed by atoms with E-state index in [0.717, 1.165) is 17.5 Å². The van der Waals surface area contributed by atoms with Crippen molar-refractivity contribution in [3.8, 4) is 0 Å². The zero-order chi connectivity index (χ0) is 21.6. The molecule has 7 heteroatoms. The van der Waals surface area contributed by atoms with Crippen molar-refractivity contribution in [1.82, 2.24) is 14.5 Å². The van der Waals surface area contributed by atoms with Crippen LogP contribution in [0, 0.1) is 0 Å². The van der Waals surface area contributed by atoms with Crippen LogP contribution >= 0.6 is 0 Å². The molecule has 0 aromatic heterocycles. The highest BCUT2D eigenvalue weighted by atomic mass is 32.2. The molecular formula is C23H31N3O3S. The monoisotopic (exact) mass is 429 g/mol. The maximum Gasteiger partial charge on any atom is 0.243 e. The van der Waals surface area contributed by atoms with E-state index in [4.69, 9.17) is 0 Å². The molecule has 30 heavy (non-hydrogen) atoms. The van der Waals surface area contributed by atoms with E-state index in [0.29, 0.717) is 43.5 Å². The molecule has 0 unspecified atom stereocenters. The molecule has 2 aromatic carbocycles. The second-order valence-electron chi connectivity index (χ2n) is 7.82. The second kappa shape index (κ2) is 10.2. The average molecular weight is 430 g/mol. The summed E-state index contributed by atoms with van der Waals surface area (Å²) in [4.78, 5) is 14.5. The lowest BCUT2D eigenvalue weighted by atomic mass is 9.99. The number of amides is 1. The number of hydrogen-bond acceptors (Lipinski definition) is 4. The third-order valence-electron chi connectivity index (χ3n) is 5.73. The number of rotatable bonds is 8. The van der Waals surface area contributed by atoms with Gasteiger partial charge in [0.1, 0.15) is 0 Å². The Kier molecular flexibility index (Phi) is 7.64. The molecule has 3 rings (SSSR count). The Morgan fingerprint density at radius 3 is 2.23 bits per heavy atom. The number of carbonyl (C=O) groups excluding carboxylic acids is 1. The SMILES string of the molecule is CC[C@@H](C)c1ccc(S(=O)(=O)N2CCN(CC(=O)NCc3ccccc3)CC2)cc1. The van der Waals surface area contributed by atoms with Gasteiger partial charge in [0.15, 0.2) is 0 Å². The van der Waals surface area contributed by atoms with Crippen molar-refractivity contribution >= 4 is 15.9 Å². The molecule has 6 nitrogen and oxygen atoms in total. The number of nitrogens with one attached hydrogen (secondary N) is 1. The van der Waals surface area contributed by atoms with Crippen molar-refractivity contribution in [2.24, 2.45) is 0 Å². The molecule has 1 atom stereocenters. The molecule has 0 radical (unpaired) electrons. The number of carbonyl (C=O) groups is 1. The van der Waals surface area contributed by atoms with Gasteiger partial charge >= 0.3 is 0 Å². The average Bonchev–Trinajstić information content (AvgIpc) is 2.78. The lowest BCUT2D eigenvalue weighted by Gasteiger charge is -2.33. The molecule has 1 fully saturated rings. The third-order valence-corrected chi connectivity index (χ3v) is 7.64. The Hall–Kier alpha value is -2.22. The van der Waals surface area contributed by atoms with Gasteiger partial charge in [-0.3, -0.25) is 9.69 Å². The van der Waals surface area contributed by atoms with Crippen molar-refractivity contribution < 1.29 is 13.2 Å². The van der Waals surface area contributed by atoms with Crippen LogP contribution in [0.15, 0.2) is 59.5 Å². The number of piperazine rings is 1. The van der Waals surface area contributed by atoms with Gasteiger partial charge in [-0.25, -0.2) is 8.42 Å². The fraction of sp³-hybridized carbons (Fsp3) is 0.435. The molecule has 0 spiro atoms. The van der Waals surface area contributed by atoms with E-state index in [1.807, 2.05) is 47.4 Å². The minimum atomic E-state index is -3.50. The highest BCUT2D eigenvalue weighted by Gasteiger charge is 2.29. The molecule has 162 valence electrons. The molecular weight excluding hydrogens is 398 g/mol. The quantitative estimate of drug-likeness (QED) is 0.701. The van der Waals surface area contributed by atoms with Gasteiger partial charge in [-0.05, 0) is 35.6 Å². The van der Waals surface area contributed by atoms with E-state index in [1.165, 1.54) is 4.31 Å². The van der Waals surface area contributed by atoms with Gasteiger partial charge in [-0.1, -0.05) is 56.3 Å². The van der Waals surface area contributed by atoms with Crippen LogP contribution < -0.4 is 5.32 Å². The van der Waals surface area contributed by atoms with Crippen molar-refractivity contribution in [1.29, 1.82) is 0 Å². The molecule has 0 aliphatic carbocycles. The van der Waals surface area contributed by atoms with E-state index in [-0.39, 0.29) is 12.5 Å². The second-order valence-corrected chi connectivity index (χ2v) is 9.76. The summed E-state index contributed by atoms with van der Waals surface area (Å²) in [7, 11) is -3.50. The minimum absolute atomic E-state index is 0.0456. The van der Waals surface area contributed by atoms with Crippen LogP contribution in [0.5, 0.6) is 0 Å². The first-order valence-electron chi connectivity index (χ1n) is 10.5. The van der Waals surface area contributed by atoms with Crippen LogP contribution in [-0.2, 0) is 21.4 Å². The highest BCUT2D eigenvalue weighted by Crippen LogP contribution is 2.23. The smallest absolute Gasteiger partial charge is 0.243 e. The lowest BCUT2D eigenvalue weighted by Crippen LogP contribution is -2.50. The molecule has 2 aromatic rings. The van der Waals surface area contributed by atoms with Gasteiger partial charge in [-0.15, -0.1) is 0 Å². The Balaban J connectivity index is 1.50. The van der Waals surface area contributed by atoms with Gasteiger partial charge in [0.25, 0.3) is 0 Å². The molecule has 0 bridgehead atoms. The largest absolute Gasteiger partial charge is 0.351 e. The van der Waals surface area contributed by atoms with Gasteiger partial charge in [0.05, 0.1) is 11.4 Å². The van der Waals surface area contributed by atoms with Gasteiger partial charge in [-0.2, -0.15) is 4.31 Å². The molecule has 1 aliphatic heterocycles. The predicted molar refractivity (Wildman–Crippen MR) is 119 cm³/mol. The zero-order valence-corrected chi connectivity index (χ0v) is 18.6. The van der Waals surface area contributed by atoms with Crippen molar-refractivity contribution in [3.63, 3.8) is 0 Å². The number of hydrogen-bond donors (Lipinski definition) is 1. The fourth-order valence-corrected chi connectivity index (χ4v) is 4.96. The normalized spacial score (nSPS) is 16.9. The first kappa shape index (κ1) is 22.5. The summed E-state index contributed by atoms with van der Waals surface area (Å²) in [6, 6.07) is 17.0. The summed E-state index contributed by atoms with van der Waals surface area (Å²) in [5, 5.41) is 2.92. The maximum atomic E-state index is 13.0. The Bertz CT molecular complexity index is 922. The summed E-state index contributed by atoms with van der Waals surface area (Å²) < 4.78 is 27.4. The highest BCUT2D eigenvalue weighted by molar-refractivity contribution is 7.89. The minimum Gasteiger partial charge on any atom is -0.351 e. The summed E-state index contributed by atoms with van der Waals surface area (Å²) in [5.41, 5.74) is 2.21.